The van der Waals surface area contributed by atoms with Gasteiger partial charge >= 0.3 is 0 Å². The van der Waals surface area contributed by atoms with E-state index in [1.54, 1.807) is 4.68 Å². The molecule has 0 unspecified atom stereocenters. The first-order chi connectivity index (χ1) is 10.4. The highest BCUT2D eigenvalue weighted by atomic mass is 79.9. The second kappa shape index (κ2) is 7.07. The molecule has 2 rings (SSSR count). The fourth-order valence-corrected chi connectivity index (χ4v) is 2.76. The maximum Gasteiger partial charge on any atom is 0.238 e. The lowest BCUT2D eigenvalue weighted by Gasteiger charge is -2.17. The van der Waals surface area contributed by atoms with E-state index in [0.717, 1.165) is 27.1 Å². The number of hydrogen-bond acceptors (Lipinski definition) is 3. The van der Waals surface area contributed by atoms with E-state index in [1.807, 2.05) is 57.1 Å². The SMILES string of the molecule is Cc1nn(C)c(C)c1NC(=O)CN(C)Cc1ccccc1Br. The van der Waals surface area contributed by atoms with E-state index in [1.165, 1.54) is 0 Å². The van der Waals surface area contributed by atoms with Crippen LogP contribution < -0.4 is 5.32 Å². The van der Waals surface area contributed by atoms with Gasteiger partial charge in [-0.05, 0) is 32.5 Å². The molecule has 118 valence electrons. The molecule has 0 spiro atoms. The third-order valence-corrected chi connectivity index (χ3v) is 4.36. The number of carbonyl (C=O) groups excluding carboxylic acids is 1. The molecule has 1 heterocycles. The smallest absolute Gasteiger partial charge is 0.238 e. The van der Waals surface area contributed by atoms with Gasteiger partial charge in [0, 0.05) is 18.1 Å². The molecule has 0 saturated carbocycles. The van der Waals surface area contributed by atoms with E-state index in [2.05, 4.69) is 26.3 Å². The number of aromatic nitrogens is 2. The van der Waals surface area contributed by atoms with Gasteiger partial charge in [0.05, 0.1) is 23.6 Å². The number of amides is 1. The van der Waals surface area contributed by atoms with E-state index < -0.39 is 0 Å². The number of nitrogens with zero attached hydrogens (tertiary/aromatic N) is 3. The quantitative estimate of drug-likeness (QED) is 0.887. The summed E-state index contributed by atoms with van der Waals surface area (Å²) in [4.78, 5) is 14.2. The zero-order valence-electron chi connectivity index (χ0n) is 13.4. The van der Waals surface area contributed by atoms with Crippen LogP contribution in [-0.4, -0.2) is 34.2 Å². The standard InChI is InChI=1S/C16H21BrN4O/c1-11-16(12(2)21(4)19-11)18-15(22)10-20(3)9-13-7-5-6-8-14(13)17/h5-8H,9-10H2,1-4H3,(H,18,22). The van der Waals surface area contributed by atoms with E-state index in [4.69, 9.17) is 0 Å². The van der Waals surface area contributed by atoms with E-state index in [-0.39, 0.29) is 5.91 Å². The molecule has 0 fully saturated rings. The number of nitrogens with one attached hydrogen (secondary N) is 1. The Morgan fingerprint density at radius 1 is 1.36 bits per heavy atom. The molecule has 1 aromatic carbocycles. The molecule has 1 amide bonds. The predicted molar refractivity (Wildman–Crippen MR) is 91.8 cm³/mol. The first kappa shape index (κ1) is 16.7. The summed E-state index contributed by atoms with van der Waals surface area (Å²) in [6.45, 7) is 4.88. The van der Waals surface area contributed by atoms with Crippen LogP contribution in [0.3, 0.4) is 0 Å². The van der Waals surface area contributed by atoms with Crippen molar-refractivity contribution in [1.29, 1.82) is 0 Å². The predicted octanol–water partition coefficient (Wildman–Crippen LogP) is 2.87. The fraction of sp³-hybridized carbons (Fsp3) is 0.375. The molecule has 1 aromatic heterocycles. The van der Waals surface area contributed by atoms with Crippen LogP contribution in [0, 0.1) is 13.8 Å². The topological polar surface area (TPSA) is 50.2 Å². The molecule has 2 aromatic rings. The molecular formula is C16H21BrN4O. The van der Waals surface area contributed by atoms with Crippen molar-refractivity contribution in [1.82, 2.24) is 14.7 Å². The minimum Gasteiger partial charge on any atom is -0.322 e. The lowest BCUT2D eigenvalue weighted by atomic mass is 10.2. The Morgan fingerprint density at radius 3 is 2.64 bits per heavy atom. The number of hydrogen-bond donors (Lipinski definition) is 1. The Kier molecular flexibility index (Phi) is 5.37. The van der Waals surface area contributed by atoms with Gasteiger partial charge in [0.25, 0.3) is 0 Å². The van der Waals surface area contributed by atoms with Crippen LogP contribution in [0.4, 0.5) is 5.69 Å². The van der Waals surface area contributed by atoms with Gasteiger partial charge in [-0.2, -0.15) is 5.10 Å². The van der Waals surface area contributed by atoms with Gasteiger partial charge in [0.15, 0.2) is 0 Å². The molecule has 0 atom stereocenters. The van der Waals surface area contributed by atoms with Crippen LogP contribution in [0.25, 0.3) is 0 Å². The van der Waals surface area contributed by atoms with Crippen molar-refractivity contribution in [2.45, 2.75) is 20.4 Å². The first-order valence-electron chi connectivity index (χ1n) is 7.10. The van der Waals surface area contributed by atoms with Crippen LogP contribution in [0.15, 0.2) is 28.7 Å². The van der Waals surface area contributed by atoms with Gasteiger partial charge in [-0.3, -0.25) is 14.4 Å². The molecule has 0 aliphatic heterocycles. The fourth-order valence-electron chi connectivity index (χ4n) is 2.35. The van der Waals surface area contributed by atoms with Crippen molar-refractivity contribution >= 4 is 27.5 Å². The van der Waals surface area contributed by atoms with Gasteiger partial charge in [-0.25, -0.2) is 0 Å². The summed E-state index contributed by atoms with van der Waals surface area (Å²) in [6.07, 6.45) is 0. The molecule has 0 aliphatic carbocycles. The normalized spacial score (nSPS) is 11.0. The Hall–Kier alpha value is -1.66. The number of halogens is 1. The number of likely N-dealkylation sites (N-methyl/N-ethyl adjacent to an activating group) is 1. The van der Waals surface area contributed by atoms with Crippen LogP contribution >= 0.6 is 15.9 Å². The van der Waals surface area contributed by atoms with Crippen molar-refractivity contribution in [3.8, 4) is 0 Å². The summed E-state index contributed by atoms with van der Waals surface area (Å²) in [7, 11) is 3.80. The molecular weight excluding hydrogens is 344 g/mol. The lowest BCUT2D eigenvalue weighted by molar-refractivity contribution is -0.117. The number of aryl methyl sites for hydroxylation is 2. The van der Waals surface area contributed by atoms with Gasteiger partial charge in [0.1, 0.15) is 0 Å². The third kappa shape index (κ3) is 3.96. The second-order valence-corrected chi connectivity index (χ2v) is 6.34. The van der Waals surface area contributed by atoms with Gasteiger partial charge < -0.3 is 5.32 Å². The van der Waals surface area contributed by atoms with Crippen molar-refractivity contribution in [3.63, 3.8) is 0 Å². The van der Waals surface area contributed by atoms with Gasteiger partial charge in [-0.15, -0.1) is 0 Å². The lowest BCUT2D eigenvalue weighted by Crippen LogP contribution is -2.30. The molecule has 5 nitrogen and oxygen atoms in total. The third-order valence-electron chi connectivity index (χ3n) is 3.59. The minimum absolute atomic E-state index is 0.0336. The molecule has 22 heavy (non-hydrogen) atoms. The number of benzene rings is 1. The monoisotopic (exact) mass is 364 g/mol. The van der Waals surface area contributed by atoms with E-state index in [0.29, 0.717) is 13.1 Å². The van der Waals surface area contributed by atoms with Crippen molar-refractivity contribution in [2.75, 3.05) is 18.9 Å². The van der Waals surface area contributed by atoms with Crippen LogP contribution in [0.5, 0.6) is 0 Å². The molecule has 6 heteroatoms. The van der Waals surface area contributed by atoms with Crippen molar-refractivity contribution in [3.05, 3.63) is 45.7 Å². The number of anilines is 1. The summed E-state index contributed by atoms with van der Waals surface area (Å²) in [5, 5.41) is 7.26. The second-order valence-electron chi connectivity index (χ2n) is 5.48. The Bertz CT molecular complexity index is 681. The average molecular weight is 365 g/mol. The largest absolute Gasteiger partial charge is 0.322 e. The zero-order valence-corrected chi connectivity index (χ0v) is 14.9. The number of rotatable bonds is 5. The average Bonchev–Trinajstić information content (AvgIpc) is 2.68. The zero-order chi connectivity index (χ0) is 16.3. The maximum absolute atomic E-state index is 12.2. The van der Waals surface area contributed by atoms with Crippen molar-refractivity contribution in [2.24, 2.45) is 7.05 Å². The Balaban J connectivity index is 1.96. The minimum atomic E-state index is -0.0336. The summed E-state index contributed by atoms with van der Waals surface area (Å²) in [6, 6.07) is 8.03. The first-order valence-corrected chi connectivity index (χ1v) is 7.89. The highest BCUT2D eigenvalue weighted by Gasteiger charge is 2.14. The summed E-state index contributed by atoms with van der Waals surface area (Å²) in [5.74, 6) is -0.0336. The molecule has 0 radical (unpaired) electrons. The van der Waals surface area contributed by atoms with Gasteiger partial charge in [-0.1, -0.05) is 34.1 Å². The number of carbonyl (C=O) groups is 1. The Labute approximate surface area is 139 Å². The van der Waals surface area contributed by atoms with Gasteiger partial charge in [0.2, 0.25) is 5.91 Å². The summed E-state index contributed by atoms with van der Waals surface area (Å²) in [5.41, 5.74) is 3.76. The van der Waals surface area contributed by atoms with Crippen LogP contribution in [0.2, 0.25) is 0 Å². The molecule has 0 bridgehead atoms. The maximum atomic E-state index is 12.2. The summed E-state index contributed by atoms with van der Waals surface area (Å²) < 4.78 is 2.83. The molecule has 0 saturated heterocycles. The highest BCUT2D eigenvalue weighted by molar-refractivity contribution is 9.10. The highest BCUT2D eigenvalue weighted by Crippen LogP contribution is 2.19. The Morgan fingerprint density at radius 2 is 2.05 bits per heavy atom. The van der Waals surface area contributed by atoms with Crippen LogP contribution in [0.1, 0.15) is 17.0 Å². The summed E-state index contributed by atoms with van der Waals surface area (Å²) >= 11 is 3.53. The van der Waals surface area contributed by atoms with E-state index in [9.17, 15) is 4.79 Å². The van der Waals surface area contributed by atoms with E-state index >= 15 is 0 Å². The van der Waals surface area contributed by atoms with Crippen LogP contribution in [-0.2, 0) is 18.4 Å². The van der Waals surface area contributed by atoms with Crippen molar-refractivity contribution < 1.29 is 4.79 Å². The molecule has 0 aliphatic rings. The molecule has 1 N–H and O–H groups in total.